The van der Waals surface area contributed by atoms with Gasteiger partial charge in [0.05, 0.1) is 6.61 Å². The van der Waals surface area contributed by atoms with E-state index in [9.17, 15) is 4.79 Å². The van der Waals surface area contributed by atoms with E-state index in [2.05, 4.69) is 10.4 Å². The maximum absolute atomic E-state index is 12.1. The lowest BCUT2D eigenvalue weighted by Gasteiger charge is -2.21. The molecule has 0 atom stereocenters. The number of carbonyl (C=O) groups is 1. The van der Waals surface area contributed by atoms with Crippen LogP contribution in [0.15, 0.2) is 6.07 Å². The highest BCUT2D eigenvalue weighted by Gasteiger charge is 2.19. The molecule has 1 aromatic heterocycles. The quantitative estimate of drug-likeness (QED) is 0.907. The zero-order chi connectivity index (χ0) is 13.1. The molecular weight excluding hydrogens is 242 g/mol. The number of fused-ring (bicyclic) bond motifs is 1. The topological polar surface area (TPSA) is 56.2 Å². The third kappa shape index (κ3) is 2.91. The third-order valence-corrected chi connectivity index (χ3v) is 4.02. The molecule has 0 bridgehead atoms. The van der Waals surface area contributed by atoms with Gasteiger partial charge in [-0.3, -0.25) is 4.79 Å². The van der Waals surface area contributed by atoms with E-state index in [4.69, 9.17) is 4.74 Å². The Morgan fingerprint density at radius 2 is 2.21 bits per heavy atom. The van der Waals surface area contributed by atoms with Gasteiger partial charge < -0.3 is 10.1 Å². The standard InChI is InChI=1S/C14H21N3O2/c18-14(15-10-11-5-2-1-3-6-11)12-9-13-17(16-12)7-4-8-19-13/h9,11H,1-8,10H2,(H,15,18). The monoisotopic (exact) mass is 263 g/mol. The lowest BCUT2D eigenvalue weighted by molar-refractivity contribution is 0.0937. The minimum absolute atomic E-state index is 0.0731. The van der Waals surface area contributed by atoms with Gasteiger partial charge in [-0.25, -0.2) is 4.68 Å². The molecule has 0 saturated heterocycles. The zero-order valence-electron chi connectivity index (χ0n) is 11.2. The molecule has 1 fully saturated rings. The molecule has 2 heterocycles. The van der Waals surface area contributed by atoms with Crippen molar-refractivity contribution in [3.63, 3.8) is 0 Å². The Hall–Kier alpha value is -1.52. The molecule has 104 valence electrons. The van der Waals surface area contributed by atoms with Crippen molar-refractivity contribution in [2.45, 2.75) is 45.1 Å². The van der Waals surface area contributed by atoms with E-state index in [0.717, 1.165) is 26.1 Å². The van der Waals surface area contributed by atoms with Gasteiger partial charge in [0.1, 0.15) is 0 Å². The smallest absolute Gasteiger partial charge is 0.271 e. The average molecular weight is 263 g/mol. The van der Waals surface area contributed by atoms with Crippen LogP contribution in [-0.4, -0.2) is 28.8 Å². The Balaban J connectivity index is 1.56. The minimum Gasteiger partial charge on any atom is -0.478 e. The van der Waals surface area contributed by atoms with E-state index in [1.165, 1.54) is 32.1 Å². The molecule has 2 aliphatic rings. The molecular formula is C14H21N3O2. The number of hydrogen-bond acceptors (Lipinski definition) is 3. The average Bonchev–Trinajstić information content (AvgIpc) is 2.90. The highest BCUT2D eigenvalue weighted by atomic mass is 16.5. The Labute approximate surface area is 113 Å². The van der Waals surface area contributed by atoms with E-state index in [1.54, 1.807) is 10.7 Å². The first-order valence-corrected chi connectivity index (χ1v) is 7.32. The van der Waals surface area contributed by atoms with Crippen molar-refractivity contribution in [1.29, 1.82) is 0 Å². The summed E-state index contributed by atoms with van der Waals surface area (Å²) in [6.45, 7) is 2.34. The molecule has 0 radical (unpaired) electrons. The van der Waals surface area contributed by atoms with Gasteiger partial charge in [-0.15, -0.1) is 0 Å². The first kappa shape index (κ1) is 12.5. The molecule has 1 aromatic rings. The number of nitrogens with zero attached hydrogens (tertiary/aromatic N) is 2. The molecule has 1 aliphatic heterocycles. The van der Waals surface area contributed by atoms with Gasteiger partial charge in [-0.05, 0) is 18.8 Å². The van der Waals surface area contributed by atoms with Crippen LogP contribution in [0.2, 0.25) is 0 Å². The SMILES string of the molecule is O=C(NCC1CCCCC1)c1cc2n(n1)CCCO2. The van der Waals surface area contributed by atoms with Crippen molar-refractivity contribution in [2.24, 2.45) is 5.92 Å². The number of amides is 1. The van der Waals surface area contributed by atoms with E-state index in [0.29, 0.717) is 17.5 Å². The van der Waals surface area contributed by atoms with E-state index in [-0.39, 0.29) is 5.91 Å². The van der Waals surface area contributed by atoms with Gasteiger partial charge in [-0.2, -0.15) is 5.10 Å². The fraction of sp³-hybridized carbons (Fsp3) is 0.714. The summed E-state index contributed by atoms with van der Waals surface area (Å²) in [6.07, 6.45) is 7.37. The van der Waals surface area contributed by atoms with Gasteiger partial charge in [0, 0.05) is 25.6 Å². The van der Waals surface area contributed by atoms with Crippen LogP contribution < -0.4 is 10.1 Å². The van der Waals surface area contributed by atoms with Crippen LogP contribution >= 0.6 is 0 Å². The van der Waals surface area contributed by atoms with Crippen LogP contribution in [0.3, 0.4) is 0 Å². The molecule has 1 aliphatic carbocycles. The largest absolute Gasteiger partial charge is 0.478 e. The lowest BCUT2D eigenvalue weighted by Crippen LogP contribution is -2.30. The molecule has 0 spiro atoms. The summed E-state index contributed by atoms with van der Waals surface area (Å²) in [5.41, 5.74) is 0.479. The normalized spacial score (nSPS) is 19.6. The number of carbonyl (C=O) groups excluding carboxylic acids is 1. The Morgan fingerprint density at radius 3 is 3.00 bits per heavy atom. The predicted octanol–water partition coefficient (Wildman–Crippen LogP) is 1.98. The summed E-state index contributed by atoms with van der Waals surface area (Å²) in [7, 11) is 0. The molecule has 19 heavy (non-hydrogen) atoms. The van der Waals surface area contributed by atoms with Crippen molar-refractivity contribution in [1.82, 2.24) is 15.1 Å². The number of rotatable bonds is 3. The summed E-state index contributed by atoms with van der Waals surface area (Å²) in [5.74, 6) is 1.29. The van der Waals surface area contributed by atoms with Crippen molar-refractivity contribution >= 4 is 5.91 Å². The van der Waals surface area contributed by atoms with Gasteiger partial charge >= 0.3 is 0 Å². The number of aromatic nitrogens is 2. The number of ether oxygens (including phenoxy) is 1. The molecule has 5 nitrogen and oxygen atoms in total. The number of hydrogen-bond donors (Lipinski definition) is 1. The number of aryl methyl sites for hydroxylation is 1. The molecule has 1 amide bonds. The first-order valence-electron chi connectivity index (χ1n) is 7.32. The molecule has 1 N–H and O–H groups in total. The van der Waals surface area contributed by atoms with E-state index < -0.39 is 0 Å². The maximum atomic E-state index is 12.1. The van der Waals surface area contributed by atoms with Crippen LogP contribution in [0, 0.1) is 5.92 Å². The number of nitrogens with one attached hydrogen (secondary N) is 1. The van der Waals surface area contributed by atoms with Gasteiger partial charge in [-0.1, -0.05) is 19.3 Å². The lowest BCUT2D eigenvalue weighted by atomic mass is 9.89. The fourth-order valence-corrected chi connectivity index (χ4v) is 2.90. The van der Waals surface area contributed by atoms with Crippen LogP contribution in [0.4, 0.5) is 0 Å². The third-order valence-electron chi connectivity index (χ3n) is 4.02. The second-order valence-electron chi connectivity index (χ2n) is 5.51. The second-order valence-corrected chi connectivity index (χ2v) is 5.51. The summed E-state index contributed by atoms with van der Waals surface area (Å²) in [4.78, 5) is 12.1. The van der Waals surface area contributed by atoms with E-state index >= 15 is 0 Å². The molecule has 5 heteroatoms. The first-order chi connectivity index (χ1) is 9.33. The fourth-order valence-electron chi connectivity index (χ4n) is 2.90. The molecule has 1 saturated carbocycles. The molecule has 3 rings (SSSR count). The summed E-state index contributed by atoms with van der Waals surface area (Å²) >= 11 is 0. The minimum atomic E-state index is -0.0731. The van der Waals surface area contributed by atoms with Gasteiger partial charge in [0.2, 0.25) is 5.88 Å². The Morgan fingerprint density at radius 1 is 1.37 bits per heavy atom. The zero-order valence-corrected chi connectivity index (χ0v) is 11.2. The van der Waals surface area contributed by atoms with Gasteiger partial charge in [0.25, 0.3) is 5.91 Å². The molecule has 0 aromatic carbocycles. The molecule has 0 unspecified atom stereocenters. The van der Waals surface area contributed by atoms with Crippen molar-refractivity contribution < 1.29 is 9.53 Å². The maximum Gasteiger partial charge on any atom is 0.271 e. The van der Waals surface area contributed by atoms with E-state index in [1.807, 2.05) is 0 Å². The van der Waals surface area contributed by atoms with Crippen LogP contribution in [0.5, 0.6) is 5.88 Å². The Kier molecular flexibility index (Phi) is 3.71. The summed E-state index contributed by atoms with van der Waals surface area (Å²) in [6, 6.07) is 1.75. The highest BCUT2D eigenvalue weighted by Crippen LogP contribution is 2.23. The Bertz CT molecular complexity index is 426. The van der Waals surface area contributed by atoms with Crippen LogP contribution in [-0.2, 0) is 6.54 Å². The summed E-state index contributed by atoms with van der Waals surface area (Å²) < 4.78 is 7.25. The highest BCUT2D eigenvalue weighted by molar-refractivity contribution is 5.92. The van der Waals surface area contributed by atoms with Crippen LogP contribution in [0.1, 0.15) is 49.0 Å². The predicted molar refractivity (Wildman–Crippen MR) is 71.2 cm³/mol. The van der Waals surface area contributed by atoms with Crippen LogP contribution in [0.25, 0.3) is 0 Å². The van der Waals surface area contributed by atoms with Crippen molar-refractivity contribution in [3.8, 4) is 5.88 Å². The van der Waals surface area contributed by atoms with Crippen molar-refractivity contribution in [3.05, 3.63) is 11.8 Å². The second kappa shape index (κ2) is 5.63. The summed E-state index contributed by atoms with van der Waals surface area (Å²) in [5, 5.41) is 7.30. The van der Waals surface area contributed by atoms with Gasteiger partial charge in [0.15, 0.2) is 5.69 Å². The van der Waals surface area contributed by atoms with Crippen molar-refractivity contribution in [2.75, 3.05) is 13.2 Å².